The minimum atomic E-state index is 0.622. The molecule has 2 aromatic rings. The van der Waals surface area contributed by atoms with Crippen LogP contribution in [0.15, 0.2) is 48.5 Å². The quantitative estimate of drug-likeness (QED) is 0.646. The highest BCUT2D eigenvalue weighted by Crippen LogP contribution is 2.23. The van der Waals surface area contributed by atoms with Crippen LogP contribution in [-0.2, 0) is 6.61 Å². The van der Waals surface area contributed by atoms with E-state index < -0.39 is 0 Å². The molecular formula is C13H10I2O. The Labute approximate surface area is 122 Å². The fourth-order valence-corrected chi connectivity index (χ4v) is 3.09. The summed E-state index contributed by atoms with van der Waals surface area (Å²) in [6, 6.07) is 16.4. The van der Waals surface area contributed by atoms with E-state index in [1.165, 1.54) is 9.13 Å². The predicted molar refractivity (Wildman–Crippen MR) is 82.7 cm³/mol. The molecule has 1 nitrogen and oxygen atoms in total. The lowest BCUT2D eigenvalue weighted by Gasteiger charge is -2.08. The van der Waals surface area contributed by atoms with E-state index in [1.807, 2.05) is 24.3 Å². The zero-order valence-electron chi connectivity index (χ0n) is 8.49. The van der Waals surface area contributed by atoms with E-state index in [4.69, 9.17) is 4.74 Å². The second kappa shape index (κ2) is 5.86. The van der Waals surface area contributed by atoms with Gasteiger partial charge in [-0.2, -0.15) is 0 Å². The second-order valence-corrected chi connectivity index (χ2v) is 5.76. The van der Waals surface area contributed by atoms with Crippen LogP contribution in [0.4, 0.5) is 0 Å². The summed E-state index contributed by atoms with van der Waals surface area (Å²) in [4.78, 5) is 0. The molecule has 0 saturated heterocycles. The Morgan fingerprint density at radius 1 is 0.938 bits per heavy atom. The fraction of sp³-hybridized carbons (Fsp3) is 0.0769. The average Bonchev–Trinajstić information content (AvgIpc) is 2.29. The molecule has 0 spiro atoms. The van der Waals surface area contributed by atoms with Crippen molar-refractivity contribution in [3.05, 3.63) is 61.2 Å². The van der Waals surface area contributed by atoms with Crippen molar-refractivity contribution in [1.82, 2.24) is 0 Å². The van der Waals surface area contributed by atoms with Gasteiger partial charge in [0.25, 0.3) is 0 Å². The second-order valence-electron chi connectivity index (χ2n) is 3.35. The monoisotopic (exact) mass is 436 g/mol. The van der Waals surface area contributed by atoms with Crippen LogP contribution in [0.1, 0.15) is 5.56 Å². The first-order valence-electron chi connectivity index (χ1n) is 4.87. The molecule has 0 heterocycles. The molecule has 0 aliphatic carbocycles. The van der Waals surface area contributed by atoms with Gasteiger partial charge in [-0.15, -0.1) is 0 Å². The van der Waals surface area contributed by atoms with Crippen molar-refractivity contribution in [1.29, 1.82) is 0 Å². The number of hydrogen-bond acceptors (Lipinski definition) is 1. The standard InChI is InChI=1S/C13H10I2O/c14-11-6-7-13(12(15)8-11)16-9-10-4-2-1-3-5-10/h1-8H,9H2. The first-order chi connectivity index (χ1) is 7.75. The zero-order chi connectivity index (χ0) is 11.4. The SMILES string of the molecule is Ic1ccc(OCc2ccccc2)c(I)c1. The normalized spacial score (nSPS) is 10.1. The smallest absolute Gasteiger partial charge is 0.133 e. The molecule has 2 rings (SSSR count). The molecule has 0 aromatic heterocycles. The molecule has 0 amide bonds. The third kappa shape index (κ3) is 3.35. The van der Waals surface area contributed by atoms with E-state index in [2.05, 4.69) is 69.4 Å². The Bertz CT molecular complexity index is 469. The largest absolute Gasteiger partial charge is 0.488 e. The lowest BCUT2D eigenvalue weighted by atomic mass is 10.2. The Hall–Kier alpha value is -0.300. The van der Waals surface area contributed by atoms with Crippen molar-refractivity contribution >= 4 is 45.2 Å². The van der Waals surface area contributed by atoms with E-state index >= 15 is 0 Å². The molecule has 0 aliphatic rings. The maximum atomic E-state index is 5.77. The number of rotatable bonds is 3. The lowest BCUT2D eigenvalue weighted by Crippen LogP contribution is -1.96. The highest BCUT2D eigenvalue weighted by atomic mass is 127. The van der Waals surface area contributed by atoms with E-state index in [-0.39, 0.29) is 0 Å². The maximum Gasteiger partial charge on any atom is 0.133 e. The minimum absolute atomic E-state index is 0.622. The van der Waals surface area contributed by atoms with Crippen molar-refractivity contribution in [2.24, 2.45) is 0 Å². The lowest BCUT2D eigenvalue weighted by molar-refractivity contribution is 0.304. The molecule has 0 fully saturated rings. The van der Waals surface area contributed by atoms with Crippen molar-refractivity contribution in [2.45, 2.75) is 6.61 Å². The van der Waals surface area contributed by atoms with Gasteiger partial charge in [0.15, 0.2) is 0 Å². The van der Waals surface area contributed by atoms with Crippen LogP contribution in [0.25, 0.3) is 0 Å². The van der Waals surface area contributed by atoms with Gasteiger partial charge in [0.1, 0.15) is 12.4 Å². The van der Waals surface area contributed by atoms with E-state index in [0.717, 1.165) is 9.32 Å². The molecule has 0 atom stereocenters. The Balaban J connectivity index is 2.05. The van der Waals surface area contributed by atoms with Crippen LogP contribution in [0, 0.1) is 7.14 Å². The molecule has 3 heteroatoms. The summed E-state index contributed by atoms with van der Waals surface area (Å²) in [7, 11) is 0. The van der Waals surface area contributed by atoms with Gasteiger partial charge in [0, 0.05) is 3.57 Å². The summed E-state index contributed by atoms with van der Waals surface area (Å²) in [6.07, 6.45) is 0. The van der Waals surface area contributed by atoms with Crippen molar-refractivity contribution < 1.29 is 4.74 Å². The molecule has 2 aromatic carbocycles. The van der Waals surface area contributed by atoms with Gasteiger partial charge in [-0.3, -0.25) is 0 Å². The summed E-state index contributed by atoms with van der Waals surface area (Å²) in [6.45, 7) is 0.622. The molecule has 0 saturated carbocycles. The Morgan fingerprint density at radius 2 is 1.69 bits per heavy atom. The highest BCUT2D eigenvalue weighted by molar-refractivity contribution is 14.1. The third-order valence-electron chi connectivity index (χ3n) is 2.13. The summed E-state index contributed by atoms with van der Waals surface area (Å²) in [5.74, 6) is 0.949. The van der Waals surface area contributed by atoms with Crippen molar-refractivity contribution in [3.8, 4) is 5.75 Å². The molecule has 82 valence electrons. The maximum absolute atomic E-state index is 5.77. The van der Waals surface area contributed by atoms with Gasteiger partial charge in [0.2, 0.25) is 0 Å². The minimum Gasteiger partial charge on any atom is -0.488 e. The number of benzene rings is 2. The van der Waals surface area contributed by atoms with Crippen LogP contribution in [-0.4, -0.2) is 0 Å². The van der Waals surface area contributed by atoms with Crippen LogP contribution in [0.3, 0.4) is 0 Å². The fourth-order valence-electron chi connectivity index (χ4n) is 1.33. The number of hydrogen-bond donors (Lipinski definition) is 0. The molecule has 0 bridgehead atoms. The molecule has 0 N–H and O–H groups in total. The van der Waals surface area contributed by atoms with Crippen molar-refractivity contribution in [2.75, 3.05) is 0 Å². The first-order valence-corrected chi connectivity index (χ1v) is 7.03. The average molecular weight is 436 g/mol. The van der Waals surface area contributed by atoms with Gasteiger partial charge in [-0.25, -0.2) is 0 Å². The molecule has 16 heavy (non-hydrogen) atoms. The predicted octanol–water partition coefficient (Wildman–Crippen LogP) is 4.47. The summed E-state index contributed by atoms with van der Waals surface area (Å²) < 4.78 is 8.15. The van der Waals surface area contributed by atoms with E-state index in [0.29, 0.717) is 6.61 Å². The van der Waals surface area contributed by atoms with Gasteiger partial charge < -0.3 is 4.74 Å². The molecular weight excluding hydrogens is 426 g/mol. The highest BCUT2D eigenvalue weighted by Gasteiger charge is 2.01. The summed E-state index contributed by atoms with van der Waals surface area (Å²) in [5, 5.41) is 0. The van der Waals surface area contributed by atoms with Crippen LogP contribution in [0.5, 0.6) is 5.75 Å². The molecule has 0 unspecified atom stereocenters. The number of halogens is 2. The van der Waals surface area contributed by atoms with Gasteiger partial charge in [-0.05, 0) is 68.9 Å². The van der Waals surface area contributed by atoms with E-state index in [1.54, 1.807) is 0 Å². The number of ether oxygens (including phenoxy) is 1. The summed E-state index contributed by atoms with van der Waals surface area (Å²) in [5.41, 5.74) is 1.19. The van der Waals surface area contributed by atoms with Crippen LogP contribution < -0.4 is 4.74 Å². The molecule has 0 radical (unpaired) electrons. The summed E-state index contributed by atoms with van der Waals surface area (Å²) >= 11 is 4.60. The zero-order valence-corrected chi connectivity index (χ0v) is 12.8. The van der Waals surface area contributed by atoms with Gasteiger partial charge >= 0.3 is 0 Å². The van der Waals surface area contributed by atoms with Crippen LogP contribution >= 0.6 is 45.2 Å². The topological polar surface area (TPSA) is 9.23 Å². The van der Waals surface area contributed by atoms with E-state index in [9.17, 15) is 0 Å². The van der Waals surface area contributed by atoms with Crippen LogP contribution in [0.2, 0.25) is 0 Å². The molecule has 0 aliphatic heterocycles. The van der Waals surface area contributed by atoms with Gasteiger partial charge in [-0.1, -0.05) is 30.3 Å². The third-order valence-corrected chi connectivity index (χ3v) is 3.65. The first kappa shape index (κ1) is 12.2. The Kier molecular flexibility index (Phi) is 4.45. The van der Waals surface area contributed by atoms with Crippen molar-refractivity contribution in [3.63, 3.8) is 0 Å². The van der Waals surface area contributed by atoms with Gasteiger partial charge in [0.05, 0.1) is 3.57 Å². The Morgan fingerprint density at radius 3 is 2.38 bits per heavy atom.